The molecule has 1 saturated heterocycles. The molecule has 1 aliphatic rings. The largest absolute Gasteiger partial charge is 0.457 e. The fraction of sp³-hybridized carbons (Fsp3) is 0.300. The summed E-state index contributed by atoms with van der Waals surface area (Å²) in [6.45, 7) is 4.65. The number of halogens is 1. The van der Waals surface area contributed by atoms with Crippen LogP contribution in [0.3, 0.4) is 0 Å². The fourth-order valence-electron chi connectivity index (χ4n) is 4.79. The van der Waals surface area contributed by atoms with E-state index in [1.807, 2.05) is 34.8 Å². The molecular formula is C30H30ClN3O4. The Bertz CT molecular complexity index is 1440. The van der Waals surface area contributed by atoms with Gasteiger partial charge in [-0.2, -0.15) is 5.10 Å². The van der Waals surface area contributed by atoms with Crippen LogP contribution in [0.15, 0.2) is 66.9 Å². The molecule has 0 radical (unpaired) electrons. The number of likely N-dealkylation sites (tertiary alicyclic amines) is 1. The monoisotopic (exact) mass is 531 g/mol. The lowest BCUT2D eigenvalue weighted by Crippen LogP contribution is -2.51. The molecule has 1 fully saturated rings. The zero-order chi connectivity index (χ0) is 26.6. The third-order valence-electron chi connectivity index (χ3n) is 6.90. The maximum atomic E-state index is 12.9. The minimum Gasteiger partial charge on any atom is -0.457 e. The quantitative estimate of drug-likeness (QED) is 0.181. The van der Waals surface area contributed by atoms with Crippen LogP contribution in [0.5, 0.6) is 11.5 Å². The van der Waals surface area contributed by atoms with Crippen molar-refractivity contribution in [2.24, 2.45) is 5.92 Å². The number of methoxy groups -OCH3 is 1. The van der Waals surface area contributed by atoms with Crippen molar-refractivity contribution < 1.29 is 19.1 Å². The molecule has 0 saturated carbocycles. The van der Waals surface area contributed by atoms with Crippen LogP contribution >= 0.6 is 11.6 Å². The number of ketones is 1. The van der Waals surface area contributed by atoms with E-state index in [4.69, 9.17) is 26.2 Å². The smallest absolute Gasteiger partial charge is 0.253 e. The molecule has 0 atom stereocenters. The van der Waals surface area contributed by atoms with E-state index in [2.05, 4.69) is 0 Å². The maximum Gasteiger partial charge on any atom is 0.253 e. The van der Waals surface area contributed by atoms with Crippen LogP contribution in [-0.2, 0) is 11.3 Å². The zero-order valence-electron chi connectivity index (χ0n) is 21.5. The Hall–Kier alpha value is -3.68. The molecule has 196 valence electrons. The average molecular weight is 532 g/mol. The van der Waals surface area contributed by atoms with Crippen molar-refractivity contribution in [3.05, 3.63) is 88.6 Å². The fourth-order valence-corrected chi connectivity index (χ4v) is 4.92. The highest BCUT2D eigenvalue weighted by molar-refractivity contribution is 6.30. The van der Waals surface area contributed by atoms with E-state index in [-0.39, 0.29) is 11.7 Å². The number of carbonyl (C=O) groups excluding carboxylic acids is 2. The van der Waals surface area contributed by atoms with Gasteiger partial charge in [0, 0.05) is 73.4 Å². The van der Waals surface area contributed by atoms with Gasteiger partial charge < -0.3 is 14.4 Å². The van der Waals surface area contributed by atoms with Gasteiger partial charge in [0.15, 0.2) is 5.78 Å². The lowest BCUT2D eigenvalue weighted by molar-refractivity contribution is 0.0462. The number of ether oxygens (including phenoxy) is 2. The van der Waals surface area contributed by atoms with Crippen LogP contribution in [0.1, 0.15) is 39.1 Å². The molecule has 7 nitrogen and oxygen atoms in total. The van der Waals surface area contributed by atoms with Crippen molar-refractivity contribution in [2.45, 2.75) is 26.3 Å². The Morgan fingerprint density at radius 3 is 2.37 bits per heavy atom. The molecule has 0 aliphatic carbocycles. The third kappa shape index (κ3) is 5.74. The summed E-state index contributed by atoms with van der Waals surface area (Å²) < 4.78 is 12.8. The number of aryl methyl sites for hydroxylation is 1. The summed E-state index contributed by atoms with van der Waals surface area (Å²) >= 11 is 5.92. The van der Waals surface area contributed by atoms with Crippen molar-refractivity contribution >= 4 is 34.2 Å². The normalized spacial score (nSPS) is 13.5. The summed E-state index contributed by atoms with van der Waals surface area (Å²) in [5.41, 5.74) is 3.22. The molecule has 0 spiro atoms. The molecular weight excluding hydrogens is 502 g/mol. The molecule has 1 amide bonds. The highest BCUT2D eigenvalue weighted by Crippen LogP contribution is 2.27. The van der Waals surface area contributed by atoms with Gasteiger partial charge in [0.2, 0.25) is 0 Å². The Morgan fingerprint density at radius 2 is 1.68 bits per heavy atom. The van der Waals surface area contributed by atoms with Gasteiger partial charge in [-0.1, -0.05) is 11.6 Å². The SMILES string of the molecule is COCCCC(=O)c1ccc2nn(CC3CN(C(=O)c4ccc(Oc5ccc(Cl)cc5)cc4)C3)cc2c1C. The molecule has 3 aromatic carbocycles. The third-order valence-corrected chi connectivity index (χ3v) is 7.15. The summed E-state index contributed by atoms with van der Waals surface area (Å²) in [4.78, 5) is 27.4. The summed E-state index contributed by atoms with van der Waals surface area (Å²) in [6.07, 6.45) is 3.20. The lowest BCUT2D eigenvalue weighted by atomic mass is 9.98. The Morgan fingerprint density at radius 1 is 1.00 bits per heavy atom. The number of benzene rings is 3. The van der Waals surface area contributed by atoms with E-state index in [1.54, 1.807) is 55.6 Å². The van der Waals surface area contributed by atoms with Crippen molar-refractivity contribution in [2.75, 3.05) is 26.8 Å². The van der Waals surface area contributed by atoms with E-state index in [0.717, 1.165) is 28.6 Å². The molecule has 2 heterocycles. The van der Waals surface area contributed by atoms with Crippen LogP contribution in [0.2, 0.25) is 5.02 Å². The first kappa shape index (κ1) is 25.9. The number of hydrogen-bond acceptors (Lipinski definition) is 5. The van der Waals surface area contributed by atoms with Gasteiger partial charge in [0.1, 0.15) is 11.5 Å². The lowest BCUT2D eigenvalue weighted by Gasteiger charge is -2.39. The van der Waals surface area contributed by atoms with Gasteiger partial charge in [0.25, 0.3) is 5.91 Å². The Kier molecular flexibility index (Phi) is 7.77. The maximum absolute atomic E-state index is 12.9. The molecule has 0 bridgehead atoms. The second-order valence-corrected chi connectivity index (χ2v) is 10.1. The van der Waals surface area contributed by atoms with Crippen LogP contribution in [0.4, 0.5) is 0 Å². The number of carbonyl (C=O) groups is 2. The molecule has 1 aromatic heterocycles. The summed E-state index contributed by atoms with van der Waals surface area (Å²) in [7, 11) is 1.64. The van der Waals surface area contributed by atoms with Crippen molar-refractivity contribution in [3.8, 4) is 11.5 Å². The summed E-state index contributed by atoms with van der Waals surface area (Å²) in [5, 5.41) is 6.36. The minimum atomic E-state index is 0.0115. The predicted octanol–water partition coefficient (Wildman–Crippen LogP) is 6.17. The Labute approximate surface area is 226 Å². The number of nitrogens with zero attached hydrogens (tertiary/aromatic N) is 3. The highest BCUT2D eigenvalue weighted by atomic mass is 35.5. The molecule has 38 heavy (non-hydrogen) atoms. The minimum absolute atomic E-state index is 0.0115. The van der Waals surface area contributed by atoms with Gasteiger partial charge in [-0.3, -0.25) is 14.3 Å². The topological polar surface area (TPSA) is 73.7 Å². The van der Waals surface area contributed by atoms with Crippen LogP contribution in [0.25, 0.3) is 10.9 Å². The van der Waals surface area contributed by atoms with Gasteiger partial charge in [0.05, 0.1) is 5.52 Å². The first-order valence-corrected chi connectivity index (χ1v) is 13.1. The van der Waals surface area contributed by atoms with Gasteiger partial charge >= 0.3 is 0 Å². The van der Waals surface area contributed by atoms with Crippen molar-refractivity contribution in [1.82, 2.24) is 14.7 Å². The van der Waals surface area contributed by atoms with Crippen molar-refractivity contribution in [1.29, 1.82) is 0 Å². The molecule has 4 aromatic rings. The highest BCUT2D eigenvalue weighted by Gasteiger charge is 2.31. The van der Waals surface area contributed by atoms with Crippen LogP contribution < -0.4 is 4.74 Å². The van der Waals surface area contributed by atoms with Crippen molar-refractivity contribution in [3.63, 3.8) is 0 Å². The van der Waals surface area contributed by atoms with Crippen LogP contribution in [0, 0.1) is 12.8 Å². The van der Waals surface area contributed by atoms with E-state index in [0.29, 0.717) is 60.5 Å². The number of fused-ring (bicyclic) bond motifs is 1. The van der Waals surface area contributed by atoms with E-state index in [1.165, 1.54) is 0 Å². The molecule has 5 rings (SSSR count). The molecule has 8 heteroatoms. The molecule has 0 N–H and O–H groups in total. The number of hydrogen-bond donors (Lipinski definition) is 0. The molecule has 1 aliphatic heterocycles. The summed E-state index contributed by atoms with van der Waals surface area (Å²) in [6, 6.07) is 18.1. The Balaban J connectivity index is 1.15. The van der Waals surface area contributed by atoms with Gasteiger partial charge in [-0.15, -0.1) is 0 Å². The van der Waals surface area contributed by atoms with Crippen LogP contribution in [-0.4, -0.2) is 53.2 Å². The molecule has 0 unspecified atom stereocenters. The van der Waals surface area contributed by atoms with E-state index < -0.39 is 0 Å². The zero-order valence-corrected chi connectivity index (χ0v) is 22.3. The second-order valence-electron chi connectivity index (χ2n) is 9.70. The first-order chi connectivity index (χ1) is 18.4. The number of aromatic nitrogens is 2. The predicted molar refractivity (Wildman–Crippen MR) is 147 cm³/mol. The number of Topliss-reactive ketones (excluding diaryl/α,β-unsaturated/α-hetero) is 1. The first-order valence-electron chi connectivity index (χ1n) is 12.7. The van der Waals surface area contributed by atoms with E-state index >= 15 is 0 Å². The van der Waals surface area contributed by atoms with Gasteiger partial charge in [-0.05, 0) is 79.6 Å². The number of amides is 1. The second kappa shape index (κ2) is 11.4. The standard InChI is InChI=1S/C30H30ClN3O4/c1-20-26(29(35)4-3-15-37-2)13-14-28-27(20)19-34(32-28)18-21-16-33(17-21)30(36)22-5-9-24(10-6-22)38-25-11-7-23(31)8-12-25/h5-14,19,21H,3-4,15-18H2,1-2H3. The number of rotatable bonds is 10. The summed E-state index contributed by atoms with van der Waals surface area (Å²) in [5.74, 6) is 1.82. The van der Waals surface area contributed by atoms with E-state index in [9.17, 15) is 9.59 Å². The van der Waals surface area contributed by atoms with Gasteiger partial charge in [-0.25, -0.2) is 0 Å². The average Bonchev–Trinajstić information content (AvgIpc) is 3.31.